The Morgan fingerprint density at radius 2 is 2.00 bits per heavy atom. The lowest BCUT2D eigenvalue weighted by Crippen LogP contribution is -2.21. The predicted molar refractivity (Wildman–Crippen MR) is 90.5 cm³/mol. The highest BCUT2D eigenvalue weighted by molar-refractivity contribution is 8.26. The number of thioether (sulfide) groups is 1. The Bertz CT molecular complexity index is 553. The van der Waals surface area contributed by atoms with Crippen molar-refractivity contribution < 1.29 is 0 Å². The summed E-state index contributed by atoms with van der Waals surface area (Å²) < 4.78 is 0. The Morgan fingerprint density at radius 1 is 1.19 bits per heavy atom. The Morgan fingerprint density at radius 3 is 2.76 bits per heavy atom. The minimum absolute atomic E-state index is 0.341. The van der Waals surface area contributed by atoms with Crippen LogP contribution in [-0.4, -0.2) is 26.3 Å². The van der Waals surface area contributed by atoms with Crippen LogP contribution >= 0.6 is 23.1 Å². The first-order valence-corrected chi connectivity index (χ1v) is 9.17. The average molecular weight is 323 g/mol. The first-order valence-electron chi connectivity index (χ1n) is 7.53. The molecule has 2 aliphatic rings. The average Bonchev–Trinajstić information content (AvgIpc) is 2.83. The SMILES string of the molecule is CC1CCC(=N)SC(C2CCCC(c3nnc(N)s3)C2)=N1. The van der Waals surface area contributed by atoms with Gasteiger partial charge in [-0.1, -0.05) is 29.5 Å². The van der Waals surface area contributed by atoms with E-state index in [4.69, 9.17) is 16.1 Å². The summed E-state index contributed by atoms with van der Waals surface area (Å²) in [6, 6.07) is 0.341. The van der Waals surface area contributed by atoms with Gasteiger partial charge in [0.2, 0.25) is 5.13 Å². The highest BCUT2D eigenvalue weighted by Crippen LogP contribution is 2.40. The fraction of sp³-hybridized carbons (Fsp3) is 0.714. The Labute approximate surface area is 133 Å². The van der Waals surface area contributed by atoms with Gasteiger partial charge in [-0.15, -0.1) is 10.2 Å². The maximum absolute atomic E-state index is 8.03. The van der Waals surface area contributed by atoms with Gasteiger partial charge in [-0.05, 0) is 39.0 Å². The molecule has 21 heavy (non-hydrogen) atoms. The van der Waals surface area contributed by atoms with Gasteiger partial charge in [-0.25, -0.2) is 0 Å². The molecule has 3 rings (SSSR count). The van der Waals surface area contributed by atoms with E-state index < -0.39 is 0 Å². The van der Waals surface area contributed by atoms with Gasteiger partial charge in [0.1, 0.15) is 5.01 Å². The van der Waals surface area contributed by atoms with Crippen LogP contribution in [0.25, 0.3) is 0 Å². The van der Waals surface area contributed by atoms with Crippen molar-refractivity contribution in [1.29, 1.82) is 5.41 Å². The third-order valence-electron chi connectivity index (χ3n) is 4.19. The number of hydrogen-bond donors (Lipinski definition) is 2. The van der Waals surface area contributed by atoms with Crippen molar-refractivity contribution in [2.75, 3.05) is 5.73 Å². The van der Waals surface area contributed by atoms with Crippen LogP contribution in [0.1, 0.15) is 56.4 Å². The normalized spacial score (nSPS) is 30.8. The number of nitrogens with two attached hydrogens (primary N) is 1. The van der Waals surface area contributed by atoms with Crippen molar-refractivity contribution in [2.24, 2.45) is 10.9 Å². The third kappa shape index (κ3) is 3.63. The van der Waals surface area contributed by atoms with Crippen LogP contribution in [0.15, 0.2) is 4.99 Å². The summed E-state index contributed by atoms with van der Waals surface area (Å²) >= 11 is 3.11. The molecule has 1 saturated carbocycles. The van der Waals surface area contributed by atoms with E-state index in [9.17, 15) is 0 Å². The first-order chi connectivity index (χ1) is 10.1. The molecule has 1 aromatic rings. The predicted octanol–water partition coefficient (Wildman–Crippen LogP) is 3.69. The van der Waals surface area contributed by atoms with E-state index in [-0.39, 0.29) is 0 Å². The fourth-order valence-electron chi connectivity index (χ4n) is 3.06. The number of rotatable bonds is 2. The Balaban J connectivity index is 1.74. The second-order valence-electron chi connectivity index (χ2n) is 5.92. The third-order valence-corrected chi connectivity index (χ3v) is 6.21. The summed E-state index contributed by atoms with van der Waals surface area (Å²) in [5.74, 6) is 0.925. The van der Waals surface area contributed by atoms with Gasteiger partial charge >= 0.3 is 0 Å². The van der Waals surface area contributed by atoms with E-state index in [0.717, 1.165) is 35.7 Å². The first kappa shape index (κ1) is 15.0. The zero-order chi connectivity index (χ0) is 14.8. The smallest absolute Gasteiger partial charge is 0.203 e. The summed E-state index contributed by atoms with van der Waals surface area (Å²) in [6.07, 6.45) is 6.46. The van der Waals surface area contributed by atoms with Crippen molar-refractivity contribution in [2.45, 2.75) is 57.4 Å². The summed E-state index contributed by atoms with van der Waals surface area (Å²) in [4.78, 5) is 4.86. The number of aliphatic imine (C=N–C) groups is 1. The molecule has 3 unspecified atom stereocenters. The molecule has 0 aromatic carbocycles. The lowest BCUT2D eigenvalue weighted by molar-refractivity contribution is 0.389. The van der Waals surface area contributed by atoms with Gasteiger partial charge < -0.3 is 5.73 Å². The van der Waals surface area contributed by atoms with E-state index in [2.05, 4.69) is 17.1 Å². The van der Waals surface area contributed by atoms with Crippen LogP contribution in [0.5, 0.6) is 0 Å². The van der Waals surface area contributed by atoms with Crippen LogP contribution < -0.4 is 5.73 Å². The van der Waals surface area contributed by atoms with Crippen LogP contribution in [-0.2, 0) is 0 Å². The molecule has 1 fully saturated rings. The second kappa shape index (κ2) is 6.44. The number of anilines is 1. The molecule has 5 nitrogen and oxygen atoms in total. The molecule has 3 atom stereocenters. The van der Waals surface area contributed by atoms with Crippen molar-refractivity contribution in [3.05, 3.63) is 5.01 Å². The summed E-state index contributed by atoms with van der Waals surface area (Å²) in [7, 11) is 0. The molecule has 1 aromatic heterocycles. The van der Waals surface area contributed by atoms with Crippen LogP contribution in [0.3, 0.4) is 0 Å². The fourth-order valence-corrected chi connectivity index (χ4v) is 4.91. The molecule has 0 spiro atoms. The molecule has 1 aliphatic carbocycles. The zero-order valence-electron chi connectivity index (χ0n) is 12.2. The number of hydrogen-bond acceptors (Lipinski definition) is 7. The standard InChI is InChI=1S/C14H21N5S2/c1-8-5-6-11(15)20-12(17-8)9-3-2-4-10(7-9)13-18-19-14(16)21-13/h8-10,15H,2-7H2,1H3,(H2,16,19). The highest BCUT2D eigenvalue weighted by atomic mass is 32.2. The molecular weight excluding hydrogens is 302 g/mol. The van der Waals surface area contributed by atoms with Gasteiger partial charge in [0.15, 0.2) is 0 Å². The van der Waals surface area contributed by atoms with E-state index in [1.165, 1.54) is 29.2 Å². The Hall–Kier alpha value is -0.950. The second-order valence-corrected chi connectivity index (χ2v) is 8.08. The van der Waals surface area contributed by atoms with Gasteiger partial charge in [-0.2, -0.15) is 0 Å². The topological polar surface area (TPSA) is 88.0 Å². The van der Waals surface area contributed by atoms with Gasteiger partial charge in [-0.3, -0.25) is 10.4 Å². The highest BCUT2D eigenvalue weighted by Gasteiger charge is 2.30. The molecule has 0 saturated heterocycles. The molecule has 2 heterocycles. The van der Waals surface area contributed by atoms with E-state index in [1.54, 1.807) is 11.8 Å². The lowest BCUT2D eigenvalue weighted by atomic mass is 9.82. The summed E-state index contributed by atoms with van der Waals surface area (Å²) in [6.45, 7) is 2.16. The number of aromatic nitrogens is 2. The van der Waals surface area contributed by atoms with E-state index in [1.807, 2.05) is 0 Å². The molecule has 0 amide bonds. The van der Waals surface area contributed by atoms with E-state index in [0.29, 0.717) is 23.0 Å². The number of nitrogens with one attached hydrogen (secondary N) is 1. The van der Waals surface area contributed by atoms with Gasteiger partial charge in [0.05, 0.1) is 10.1 Å². The van der Waals surface area contributed by atoms with Crippen LogP contribution in [0, 0.1) is 11.3 Å². The maximum Gasteiger partial charge on any atom is 0.203 e. The molecular formula is C14H21N5S2. The number of nitrogens with zero attached hydrogens (tertiary/aromatic N) is 3. The minimum Gasteiger partial charge on any atom is -0.374 e. The van der Waals surface area contributed by atoms with Crippen molar-refractivity contribution in [3.8, 4) is 0 Å². The lowest BCUT2D eigenvalue weighted by Gasteiger charge is -2.28. The molecule has 7 heteroatoms. The van der Waals surface area contributed by atoms with Crippen molar-refractivity contribution in [1.82, 2.24) is 10.2 Å². The maximum atomic E-state index is 8.03. The summed E-state index contributed by atoms with van der Waals surface area (Å²) in [5, 5.41) is 19.8. The van der Waals surface area contributed by atoms with Gasteiger partial charge in [0, 0.05) is 17.9 Å². The van der Waals surface area contributed by atoms with Gasteiger partial charge in [0.25, 0.3) is 0 Å². The number of nitrogen functional groups attached to an aromatic ring is 1. The minimum atomic E-state index is 0.341. The molecule has 3 N–H and O–H groups in total. The molecule has 0 radical (unpaired) electrons. The Kier molecular flexibility index (Phi) is 4.59. The molecule has 1 aliphatic heterocycles. The molecule has 0 bridgehead atoms. The molecule has 114 valence electrons. The quantitative estimate of drug-likeness (QED) is 0.869. The van der Waals surface area contributed by atoms with Crippen LogP contribution in [0.4, 0.5) is 5.13 Å². The van der Waals surface area contributed by atoms with E-state index >= 15 is 0 Å². The zero-order valence-corrected chi connectivity index (χ0v) is 13.8. The largest absolute Gasteiger partial charge is 0.374 e. The van der Waals surface area contributed by atoms with Crippen LogP contribution in [0.2, 0.25) is 0 Å². The summed E-state index contributed by atoms with van der Waals surface area (Å²) in [5.41, 5.74) is 5.71. The van der Waals surface area contributed by atoms with Crippen molar-refractivity contribution >= 4 is 38.3 Å². The monoisotopic (exact) mass is 323 g/mol. The van der Waals surface area contributed by atoms with Crippen molar-refractivity contribution in [3.63, 3.8) is 0 Å².